The van der Waals surface area contributed by atoms with Gasteiger partial charge in [-0.15, -0.1) is 0 Å². The van der Waals surface area contributed by atoms with Gasteiger partial charge in [-0.05, 0) is 0 Å². The zero-order valence-electron chi connectivity index (χ0n) is 8.43. The predicted octanol–water partition coefficient (Wildman–Crippen LogP) is -0.0530. The molecule has 2 N–H and O–H groups in total. The van der Waals surface area contributed by atoms with Gasteiger partial charge in [-0.3, -0.25) is 0 Å². The van der Waals surface area contributed by atoms with Crippen LogP contribution in [0.4, 0.5) is 11.8 Å². The van der Waals surface area contributed by atoms with Crippen LogP contribution >= 0.6 is 11.6 Å². The number of aromatic nitrogens is 2. The molecule has 0 aromatic carbocycles. The third kappa shape index (κ3) is 2.35. The summed E-state index contributed by atoms with van der Waals surface area (Å²) in [5.41, 5.74) is 5.46. The van der Waals surface area contributed by atoms with Crippen molar-refractivity contribution in [2.45, 2.75) is 0 Å². The van der Waals surface area contributed by atoms with E-state index in [-0.39, 0.29) is 17.5 Å². The van der Waals surface area contributed by atoms with E-state index in [2.05, 4.69) is 9.97 Å². The zero-order chi connectivity index (χ0) is 11.8. The summed E-state index contributed by atoms with van der Waals surface area (Å²) in [4.78, 5) is 9.57. The molecular formula is C8H11ClN4O2S. The summed E-state index contributed by atoms with van der Waals surface area (Å²) in [6.45, 7) is 0.775. The maximum atomic E-state index is 11.3. The van der Waals surface area contributed by atoms with E-state index >= 15 is 0 Å². The highest BCUT2D eigenvalue weighted by Gasteiger charge is 2.24. The minimum Gasteiger partial charge on any atom is -0.368 e. The third-order valence-electron chi connectivity index (χ3n) is 2.39. The fourth-order valence-electron chi connectivity index (χ4n) is 1.52. The standard InChI is InChI=1S/C8H11ClN4O2S/c9-6-5-11-8(10)12-7(6)13-1-3-16(14,15)4-2-13/h5H,1-4H2,(H2,10,11,12). The fraction of sp³-hybridized carbons (Fsp3) is 0.500. The van der Waals surface area contributed by atoms with E-state index < -0.39 is 9.84 Å². The highest BCUT2D eigenvalue weighted by atomic mass is 35.5. The molecule has 1 fully saturated rings. The Hall–Kier alpha value is -1.08. The SMILES string of the molecule is Nc1ncc(Cl)c(N2CCS(=O)(=O)CC2)n1. The Morgan fingerprint density at radius 1 is 1.38 bits per heavy atom. The molecule has 0 bridgehead atoms. The molecule has 1 aromatic heterocycles. The van der Waals surface area contributed by atoms with E-state index in [1.165, 1.54) is 6.20 Å². The maximum absolute atomic E-state index is 11.3. The molecule has 1 aromatic rings. The van der Waals surface area contributed by atoms with E-state index in [1.807, 2.05) is 0 Å². The van der Waals surface area contributed by atoms with Crippen LogP contribution < -0.4 is 10.6 Å². The van der Waals surface area contributed by atoms with Crippen LogP contribution in [-0.4, -0.2) is 43.0 Å². The Bertz CT molecular complexity index is 491. The molecule has 16 heavy (non-hydrogen) atoms. The van der Waals surface area contributed by atoms with Gasteiger partial charge in [0.1, 0.15) is 5.02 Å². The molecule has 1 aliphatic rings. The fourth-order valence-corrected chi connectivity index (χ4v) is 2.93. The van der Waals surface area contributed by atoms with Crippen LogP contribution in [0.25, 0.3) is 0 Å². The number of hydrogen-bond donors (Lipinski definition) is 1. The first-order valence-corrected chi connectivity index (χ1v) is 6.91. The van der Waals surface area contributed by atoms with E-state index in [0.29, 0.717) is 23.9 Å². The van der Waals surface area contributed by atoms with Crippen molar-refractivity contribution < 1.29 is 8.42 Å². The molecular weight excluding hydrogens is 252 g/mol. The first kappa shape index (κ1) is 11.4. The molecule has 1 saturated heterocycles. The van der Waals surface area contributed by atoms with E-state index in [0.717, 1.165) is 0 Å². The van der Waals surface area contributed by atoms with Gasteiger partial charge in [0.25, 0.3) is 0 Å². The summed E-state index contributed by atoms with van der Waals surface area (Å²) in [5.74, 6) is 0.873. The second-order valence-corrected chi connectivity index (χ2v) is 6.25. The number of anilines is 2. The van der Waals surface area contributed by atoms with Crippen LogP contribution in [0, 0.1) is 0 Å². The second-order valence-electron chi connectivity index (χ2n) is 3.54. The van der Waals surface area contributed by atoms with Crippen molar-refractivity contribution in [2.75, 3.05) is 35.2 Å². The Morgan fingerprint density at radius 3 is 2.62 bits per heavy atom. The highest BCUT2D eigenvalue weighted by molar-refractivity contribution is 7.91. The van der Waals surface area contributed by atoms with Gasteiger partial charge in [0, 0.05) is 13.1 Å². The lowest BCUT2D eigenvalue weighted by Gasteiger charge is -2.28. The Kier molecular flexibility index (Phi) is 2.90. The summed E-state index contributed by atoms with van der Waals surface area (Å²) in [6.07, 6.45) is 1.42. The number of sulfone groups is 1. The number of halogens is 1. The lowest BCUT2D eigenvalue weighted by atomic mass is 10.4. The van der Waals surface area contributed by atoms with Crippen molar-refractivity contribution >= 4 is 33.2 Å². The van der Waals surface area contributed by atoms with Gasteiger partial charge >= 0.3 is 0 Å². The Morgan fingerprint density at radius 2 is 2.00 bits per heavy atom. The molecule has 0 atom stereocenters. The van der Waals surface area contributed by atoms with Crippen LogP contribution in [0.2, 0.25) is 5.02 Å². The first-order valence-electron chi connectivity index (χ1n) is 4.71. The van der Waals surface area contributed by atoms with Gasteiger partial charge in [-0.2, -0.15) is 4.98 Å². The smallest absolute Gasteiger partial charge is 0.222 e. The second kappa shape index (κ2) is 4.06. The molecule has 0 aliphatic carbocycles. The summed E-state index contributed by atoms with van der Waals surface area (Å²) in [5, 5.41) is 0.383. The van der Waals surface area contributed by atoms with E-state index in [9.17, 15) is 8.42 Å². The molecule has 0 spiro atoms. The van der Waals surface area contributed by atoms with Crippen LogP contribution in [0.1, 0.15) is 0 Å². The highest BCUT2D eigenvalue weighted by Crippen LogP contribution is 2.24. The van der Waals surface area contributed by atoms with Gasteiger partial charge < -0.3 is 10.6 Å². The lowest BCUT2D eigenvalue weighted by molar-refractivity contribution is 0.586. The van der Waals surface area contributed by atoms with Crippen molar-refractivity contribution in [3.05, 3.63) is 11.2 Å². The summed E-state index contributed by atoms with van der Waals surface area (Å²) < 4.78 is 22.5. The monoisotopic (exact) mass is 262 g/mol. The molecule has 2 heterocycles. The van der Waals surface area contributed by atoms with Crippen LogP contribution in [0.5, 0.6) is 0 Å². The molecule has 0 saturated carbocycles. The Balaban J connectivity index is 2.23. The van der Waals surface area contributed by atoms with Gasteiger partial charge in [0.05, 0.1) is 17.7 Å². The minimum absolute atomic E-state index is 0.118. The van der Waals surface area contributed by atoms with E-state index in [1.54, 1.807) is 4.90 Å². The van der Waals surface area contributed by atoms with Gasteiger partial charge in [-0.1, -0.05) is 11.6 Å². The first-order chi connectivity index (χ1) is 7.48. The normalized spacial score (nSPS) is 19.7. The summed E-state index contributed by atoms with van der Waals surface area (Å²) in [7, 11) is -2.91. The molecule has 8 heteroatoms. The summed E-state index contributed by atoms with van der Waals surface area (Å²) >= 11 is 5.93. The van der Waals surface area contributed by atoms with Crippen molar-refractivity contribution in [1.29, 1.82) is 0 Å². The van der Waals surface area contributed by atoms with Gasteiger partial charge in [-0.25, -0.2) is 13.4 Å². The van der Waals surface area contributed by atoms with Crippen molar-refractivity contribution in [3.8, 4) is 0 Å². The number of nitrogens with zero attached hydrogens (tertiary/aromatic N) is 3. The maximum Gasteiger partial charge on any atom is 0.222 e. The summed E-state index contributed by atoms with van der Waals surface area (Å²) in [6, 6.07) is 0. The number of hydrogen-bond acceptors (Lipinski definition) is 6. The quantitative estimate of drug-likeness (QED) is 0.763. The molecule has 1 aliphatic heterocycles. The molecule has 0 radical (unpaired) electrons. The lowest BCUT2D eigenvalue weighted by Crippen LogP contribution is -2.40. The largest absolute Gasteiger partial charge is 0.368 e. The van der Waals surface area contributed by atoms with Gasteiger partial charge in [0.15, 0.2) is 15.7 Å². The van der Waals surface area contributed by atoms with Crippen LogP contribution in [0.3, 0.4) is 0 Å². The van der Waals surface area contributed by atoms with Crippen molar-refractivity contribution in [3.63, 3.8) is 0 Å². The van der Waals surface area contributed by atoms with Crippen LogP contribution in [-0.2, 0) is 9.84 Å². The zero-order valence-corrected chi connectivity index (χ0v) is 10.00. The minimum atomic E-state index is -2.91. The third-order valence-corrected chi connectivity index (χ3v) is 4.26. The average Bonchev–Trinajstić information content (AvgIpc) is 2.22. The molecule has 0 amide bonds. The van der Waals surface area contributed by atoms with E-state index in [4.69, 9.17) is 17.3 Å². The number of nitrogen functional groups attached to an aromatic ring is 1. The topological polar surface area (TPSA) is 89.2 Å². The predicted molar refractivity (Wildman–Crippen MR) is 62.3 cm³/mol. The number of nitrogens with two attached hydrogens (primary N) is 1. The molecule has 0 unspecified atom stereocenters. The Labute approximate surface area is 98.4 Å². The van der Waals surface area contributed by atoms with Crippen LogP contribution in [0.15, 0.2) is 6.20 Å². The molecule has 88 valence electrons. The van der Waals surface area contributed by atoms with Crippen molar-refractivity contribution in [2.24, 2.45) is 0 Å². The van der Waals surface area contributed by atoms with Gasteiger partial charge in [0.2, 0.25) is 5.95 Å². The molecule has 2 rings (SSSR count). The molecule has 6 nitrogen and oxygen atoms in total. The number of rotatable bonds is 1. The average molecular weight is 263 g/mol. The van der Waals surface area contributed by atoms with Crippen molar-refractivity contribution in [1.82, 2.24) is 9.97 Å².